The van der Waals surface area contributed by atoms with Crippen LogP contribution in [0.25, 0.3) is 0 Å². The van der Waals surface area contributed by atoms with Crippen LogP contribution in [-0.4, -0.2) is 41.6 Å². The standard InChI is InChI=1S/C11H17N3O2/c1-2-14(9-4-3-6-12-8-9)11(15)10-5-7-13-16-10/h5,7,9,12H,2-4,6,8H2,1H3. The van der Waals surface area contributed by atoms with Crippen molar-refractivity contribution in [3.63, 3.8) is 0 Å². The molecular weight excluding hydrogens is 206 g/mol. The molecule has 1 amide bonds. The summed E-state index contributed by atoms with van der Waals surface area (Å²) in [5.74, 6) is 0.265. The Labute approximate surface area is 94.8 Å². The van der Waals surface area contributed by atoms with Gasteiger partial charge in [0.2, 0.25) is 5.76 Å². The zero-order chi connectivity index (χ0) is 11.4. The third-order valence-corrected chi connectivity index (χ3v) is 2.96. The van der Waals surface area contributed by atoms with E-state index in [0.717, 1.165) is 25.9 Å². The predicted molar refractivity (Wildman–Crippen MR) is 59.1 cm³/mol. The third kappa shape index (κ3) is 2.24. The van der Waals surface area contributed by atoms with Crippen LogP contribution >= 0.6 is 0 Å². The smallest absolute Gasteiger partial charge is 0.292 e. The molecule has 1 aromatic heterocycles. The van der Waals surface area contributed by atoms with Crippen molar-refractivity contribution in [2.45, 2.75) is 25.8 Å². The van der Waals surface area contributed by atoms with Gasteiger partial charge in [-0.1, -0.05) is 5.16 Å². The van der Waals surface area contributed by atoms with Crippen molar-refractivity contribution in [2.75, 3.05) is 19.6 Å². The van der Waals surface area contributed by atoms with Gasteiger partial charge in [-0.25, -0.2) is 0 Å². The van der Waals surface area contributed by atoms with Gasteiger partial charge in [0.05, 0.1) is 6.20 Å². The van der Waals surface area contributed by atoms with Crippen molar-refractivity contribution < 1.29 is 9.32 Å². The first kappa shape index (κ1) is 11.1. The van der Waals surface area contributed by atoms with E-state index in [1.54, 1.807) is 6.07 Å². The minimum Gasteiger partial charge on any atom is -0.351 e. The number of carbonyl (C=O) groups is 1. The van der Waals surface area contributed by atoms with E-state index in [4.69, 9.17) is 4.52 Å². The second kappa shape index (κ2) is 5.12. The van der Waals surface area contributed by atoms with Crippen LogP contribution in [0.3, 0.4) is 0 Å². The summed E-state index contributed by atoms with van der Waals surface area (Å²) in [6, 6.07) is 1.89. The highest BCUT2D eigenvalue weighted by atomic mass is 16.5. The molecule has 5 heteroatoms. The molecule has 1 atom stereocenters. The number of hydrogen-bond donors (Lipinski definition) is 1. The Morgan fingerprint density at radius 2 is 2.62 bits per heavy atom. The Balaban J connectivity index is 2.06. The molecule has 88 valence electrons. The van der Waals surface area contributed by atoms with Crippen molar-refractivity contribution in [1.82, 2.24) is 15.4 Å². The van der Waals surface area contributed by atoms with Crippen molar-refractivity contribution in [2.24, 2.45) is 0 Å². The summed E-state index contributed by atoms with van der Waals surface area (Å²) in [6.45, 7) is 4.60. The number of likely N-dealkylation sites (N-methyl/N-ethyl adjacent to an activating group) is 1. The van der Waals surface area contributed by atoms with Gasteiger partial charge in [-0.15, -0.1) is 0 Å². The molecule has 0 radical (unpaired) electrons. The molecule has 0 spiro atoms. The van der Waals surface area contributed by atoms with Crippen molar-refractivity contribution in [1.29, 1.82) is 0 Å². The number of rotatable bonds is 3. The molecule has 1 aliphatic heterocycles. The molecule has 1 aliphatic rings. The first-order valence-corrected chi connectivity index (χ1v) is 5.75. The lowest BCUT2D eigenvalue weighted by Crippen LogP contribution is -2.48. The molecule has 0 aromatic carbocycles. The highest BCUT2D eigenvalue weighted by molar-refractivity contribution is 5.91. The first-order chi connectivity index (χ1) is 7.83. The van der Waals surface area contributed by atoms with Gasteiger partial charge in [0.25, 0.3) is 5.91 Å². The molecule has 1 aromatic rings. The molecule has 16 heavy (non-hydrogen) atoms. The van der Waals surface area contributed by atoms with Crippen LogP contribution in [0.5, 0.6) is 0 Å². The second-order valence-corrected chi connectivity index (χ2v) is 3.97. The van der Waals surface area contributed by atoms with Gasteiger partial charge >= 0.3 is 0 Å². The minimum absolute atomic E-state index is 0.0614. The Hall–Kier alpha value is -1.36. The lowest BCUT2D eigenvalue weighted by molar-refractivity contribution is 0.0620. The van der Waals surface area contributed by atoms with E-state index in [-0.39, 0.29) is 11.9 Å². The van der Waals surface area contributed by atoms with E-state index in [1.165, 1.54) is 6.20 Å². The minimum atomic E-state index is -0.0614. The molecular formula is C11H17N3O2. The third-order valence-electron chi connectivity index (χ3n) is 2.96. The van der Waals surface area contributed by atoms with E-state index in [1.807, 2.05) is 11.8 Å². The fourth-order valence-electron chi connectivity index (χ4n) is 2.13. The second-order valence-electron chi connectivity index (χ2n) is 3.97. The van der Waals surface area contributed by atoms with Crippen LogP contribution in [0.15, 0.2) is 16.8 Å². The summed E-state index contributed by atoms with van der Waals surface area (Å²) in [6.07, 6.45) is 3.67. The summed E-state index contributed by atoms with van der Waals surface area (Å²) >= 11 is 0. The fourth-order valence-corrected chi connectivity index (χ4v) is 2.13. The van der Waals surface area contributed by atoms with Gasteiger partial charge in [-0.05, 0) is 26.3 Å². The quantitative estimate of drug-likeness (QED) is 0.826. The molecule has 1 fully saturated rings. The van der Waals surface area contributed by atoms with Gasteiger partial charge in [0.1, 0.15) is 0 Å². The number of piperidine rings is 1. The monoisotopic (exact) mass is 223 g/mol. The van der Waals surface area contributed by atoms with Crippen LogP contribution in [-0.2, 0) is 0 Å². The topological polar surface area (TPSA) is 58.4 Å². The van der Waals surface area contributed by atoms with Crippen molar-refractivity contribution in [3.8, 4) is 0 Å². The molecule has 1 unspecified atom stereocenters. The number of amides is 1. The van der Waals surface area contributed by atoms with Gasteiger partial charge in [-0.2, -0.15) is 0 Å². The molecule has 5 nitrogen and oxygen atoms in total. The van der Waals surface area contributed by atoms with Crippen LogP contribution in [0.1, 0.15) is 30.3 Å². The molecule has 1 saturated heterocycles. The van der Waals surface area contributed by atoms with Gasteiger partial charge < -0.3 is 14.7 Å². The van der Waals surface area contributed by atoms with Crippen LogP contribution < -0.4 is 5.32 Å². The van der Waals surface area contributed by atoms with E-state index >= 15 is 0 Å². The highest BCUT2D eigenvalue weighted by Crippen LogP contribution is 2.13. The average Bonchev–Trinajstić information content (AvgIpc) is 2.85. The Bertz CT molecular complexity index is 331. The normalized spacial score (nSPS) is 20.7. The number of carbonyl (C=O) groups excluding carboxylic acids is 1. The van der Waals surface area contributed by atoms with Gasteiger partial charge in [-0.3, -0.25) is 4.79 Å². The Kier molecular flexibility index (Phi) is 3.56. The van der Waals surface area contributed by atoms with E-state index in [9.17, 15) is 4.79 Å². The number of aromatic nitrogens is 1. The molecule has 2 rings (SSSR count). The maximum absolute atomic E-state index is 12.1. The maximum atomic E-state index is 12.1. The highest BCUT2D eigenvalue weighted by Gasteiger charge is 2.26. The van der Waals surface area contributed by atoms with Crippen molar-refractivity contribution >= 4 is 5.91 Å². The Morgan fingerprint density at radius 3 is 3.19 bits per heavy atom. The van der Waals surface area contributed by atoms with Crippen LogP contribution in [0.2, 0.25) is 0 Å². The summed E-state index contributed by atoms with van der Waals surface area (Å²) in [5, 5.41) is 6.88. The summed E-state index contributed by atoms with van der Waals surface area (Å²) < 4.78 is 4.91. The lowest BCUT2D eigenvalue weighted by Gasteiger charge is -2.33. The molecule has 2 heterocycles. The van der Waals surface area contributed by atoms with Crippen molar-refractivity contribution in [3.05, 3.63) is 18.0 Å². The summed E-state index contributed by atoms with van der Waals surface area (Å²) in [7, 11) is 0. The van der Waals surface area contributed by atoms with Gasteiger partial charge in [0.15, 0.2) is 0 Å². The molecule has 0 aliphatic carbocycles. The summed E-state index contributed by atoms with van der Waals surface area (Å²) in [4.78, 5) is 14.0. The first-order valence-electron chi connectivity index (χ1n) is 5.75. The van der Waals surface area contributed by atoms with Crippen LogP contribution in [0.4, 0.5) is 0 Å². The zero-order valence-corrected chi connectivity index (χ0v) is 9.48. The summed E-state index contributed by atoms with van der Waals surface area (Å²) in [5.41, 5.74) is 0. The van der Waals surface area contributed by atoms with E-state index in [2.05, 4.69) is 10.5 Å². The van der Waals surface area contributed by atoms with E-state index < -0.39 is 0 Å². The zero-order valence-electron chi connectivity index (χ0n) is 9.48. The average molecular weight is 223 g/mol. The molecule has 0 bridgehead atoms. The number of nitrogens with one attached hydrogen (secondary N) is 1. The fraction of sp³-hybridized carbons (Fsp3) is 0.636. The predicted octanol–water partition coefficient (Wildman–Crippen LogP) is 0.889. The van der Waals surface area contributed by atoms with Crippen LogP contribution in [0, 0.1) is 0 Å². The number of hydrogen-bond acceptors (Lipinski definition) is 4. The Morgan fingerprint density at radius 1 is 1.75 bits per heavy atom. The van der Waals surface area contributed by atoms with Gasteiger partial charge in [0, 0.05) is 25.2 Å². The number of nitrogens with zero attached hydrogens (tertiary/aromatic N) is 2. The molecule has 0 saturated carbocycles. The SMILES string of the molecule is CCN(C(=O)c1ccno1)C1CCCNC1. The molecule has 1 N–H and O–H groups in total. The van der Waals surface area contributed by atoms with E-state index in [0.29, 0.717) is 12.3 Å². The largest absolute Gasteiger partial charge is 0.351 e. The lowest BCUT2D eigenvalue weighted by atomic mass is 10.1. The maximum Gasteiger partial charge on any atom is 0.292 e.